The van der Waals surface area contributed by atoms with Gasteiger partial charge < -0.3 is 5.32 Å². The molecule has 3 N–H and O–H groups in total. The van der Waals surface area contributed by atoms with Crippen LogP contribution in [0.1, 0.15) is 36.9 Å². The molecule has 0 aliphatic carbocycles. The Balaban J connectivity index is 2.20. The predicted molar refractivity (Wildman–Crippen MR) is 81.4 cm³/mol. The fourth-order valence-corrected chi connectivity index (χ4v) is 4.14. The molecule has 0 amide bonds. The molecule has 0 radical (unpaired) electrons. The summed E-state index contributed by atoms with van der Waals surface area (Å²) >= 11 is 1.44. The average Bonchev–Trinajstić information content (AvgIpc) is 3.13. The van der Waals surface area contributed by atoms with Gasteiger partial charge in [-0.15, -0.1) is 11.3 Å². The third-order valence-electron chi connectivity index (χ3n) is 2.97. The number of thiazole rings is 1. The van der Waals surface area contributed by atoms with Gasteiger partial charge in [0, 0.05) is 23.7 Å². The van der Waals surface area contributed by atoms with Crippen molar-refractivity contribution in [3.05, 3.63) is 28.3 Å². The van der Waals surface area contributed by atoms with Crippen LogP contribution in [0.15, 0.2) is 22.8 Å². The van der Waals surface area contributed by atoms with Gasteiger partial charge in [0.1, 0.15) is 5.01 Å². The molecule has 0 aliphatic heterocycles. The standard InChI is InChI=1S/C12H19N5O2S2/c1-3-10(11-14-5-6-20-11)17-21(18,19)12-9(7-13-4-2)8-15-16-12/h5-6,8,10,13,17H,3-4,7H2,1-2H3,(H,15,16). The summed E-state index contributed by atoms with van der Waals surface area (Å²) in [5, 5.41) is 12.2. The molecular weight excluding hydrogens is 310 g/mol. The van der Waals surface area contributed by atoms with Crippen LogP contribution < -0.4 is 10.0 Å². The van der Waals surface area contributed by atoms with E-state index in [1.165, 1.54) is 17.5 Å². The van der Waals surface area contributed by atoms with E-state index in [9.17, 15) is 8.42 Å². The SMILES string of the molecule is CCNCc1cn[nH]c1S(=O)(=O)NC(CC)c1nccs1. The van der Waals surface area contributed by atoms with Crippen LogP contribution in [0.5, 0.6) is 0 Å². The minimum absolute atomic E-state index is 0.110. The zero-order valence-electron chi connectivity index (χ0n) is 12.0. The minimum atomic E-state index is -3.66. The van der Waals surface area contributed by atoms with E-state index in [2.05, 4.69) is 25.2 Å². The lowest BCUT2D eigenvalue weighted by Crippen LogP contribution is -2.29. The number of H-pyrrole nitrogens is 1. The number of aromatic nitrogens is 3. The van der Waals surface area contributed by atoms with Crippen LogP contribution in [0, 0.1) is 0 Å². The van der Waals surface area contributed by atoms with Gasteiger partial charge in [-0.3, -0.25) is 5.10 Å². The van der Waals surface area contributed by atoms with Crippen LogP contribution in [-0.2, 0) is 16.6 Å². The molecule has 1 unspecified atom stereocenters. The molecule has 9 heteroatoms. The van der Waals surface area contributed by atoms with Crippen molar-refractivity contribution in [3.63, 3.8) is 0 Å². The van der Waals surface area contributed by atoms with Crippen LogP contribution >= 0.6 is 11.3 Å². The van der Waals surface area contributed by atoms with Crippen molar-refractivity contribution in [2.45, 2.75) is 37.9 Å². The summed E-state index contributed by atoms with van der Waals surface area (Å²) in [6, 6.07) is -0.328. The zero-order valence-corrected chi connectivity index (χ0v) is 13.6. The van der Waals surface area contributed by atoms with Crippen LogP contribution in [0.25, 0.3) is 0 Å². The highest BCUT2D eigenvalue weighted by Gasteiger charge is 2.25. The smallest absolute Gasteiger partial charge is 0.258 e. The molecular formula is C12H19N5O2S2. The molecule has 0 aliphatic rings. The Morgan fingerprint density at radius 1 is 1.43 bits per heavy atom. The highest BCUT2D eigenvalue weighted by Crippen LogP contribution is 2.22. The molecule has 0 bridgehead atoms. The zero-order chi connectivity index (χ0) is 15.3. The van der Waals surface area contributed by atoms with Gasteiger partial charge in [0.15, 0.2) is 5.03 Å². The van der Waals surface area contributed by atoms with Crippen molar-refractivity contribution < 1.29 is 8.42 Å². The first kappa shape index (κ1) is 16.1. The Kier molecular flexibility index (Phi) is 5.45. The summed E-state index contributed by atoms with van der Waals surface area (Å²) in [5.41, 5.74) is 0.623. The fourth-order valence-electron chi connectivity index (χ4n) is 1.88. The van der Waals surface area contributed by atoms with Crippen LogP contribution in [0.4, 0.5) is 0 Å². The van der Waals surface area contributed by atoms with Crippen molar-refractivity contribution in [2.75, 3.05) is 6.54 Å². The van der Waals surface area contributed by atoms with Crippen LogP contribution in [-0.4, -0.2) is 30.1 Å². The highest BCUT2D eigenvalue weighted by atomic mass is 32.2. The van der Waals surface area contributed by atoms with E-state index >= 15 is 0 Å². The second-order valence-corrected chi connectivity index (χ2v) is 7.03. The quantitative estimate of drug-likeness (QED) is 0.680. The van der Waals surface area contributed by atoms with E-state index in [0.29, 0.717) is 18.5 Å². The summed E-state index contributed by atoms with van der Waals surface area (Å²) in [7, 11) is -3.66. The maximum Gasteiger partial charge on any atom is 0.258 e. The van der Waals surface area contributed by atoms with Crippen molar-refractivity contribution >= 4 is 21.4 Å². The minimum Gasteiger partial charge on any atom is -0.313 e. The molecule has 0 saturated heterocycles. The van der Waals surface area contributed by atoms with E-state index in [-0.39, 0.29) is 11.1 Å². The van der Waals surface area contributed by atoms with Gasteiger partial charge >= 0.3 is 0 Å². The summed E-state index contributed by atoms with van der Waals surface area (Å²) in [4.78, 5) is 4.18. The maximum absolute atomic E-state index is 12.5. The summed E-state index contributed by atoms with van der Waals surface area (Å²) in [6.07, 6.45) is 3.83. The average molecular weight is 329 g/mol. The maximum atomic E-state index is 12.5. The summed E-state index contributed by atoms with van der Waals surface area (Å²) in [5.74, 6) is 0. The fraction of sp³-hybridized carbons (Fsp3) is 0.500. The Hall–Kier alpha value is -1.29. The molecule has 21 heavy (non-hydrogen) atoms. The number of hydrogen-bond acceptors (Lipinski definition) is 6. The lowest BCUT2D eigenvalue weighted by molar-refractivity contribution is 0.543. The van der Waals surface area contributed by atoms with Gasteiger partial charge in [-0.1, -0.05) is 13.8 Å². The molecule has 2 rings (SSSR count). The Labute approximate surface area is 128 Å². The molecule has 0 saturated carbocycles. The molecule has 0 aromatic carbocycles. The van der Waals surface area contributed by atoms with Gasteiger partial charge in [0.05, 0.1) is 12.2 Å². The number of sulfonamides is 1. The van der Waals surface area contributed by atoms with Gasteiger partial charge in [0.25, 0.3) is 10.0 Å². The van der Waals surface area contributed by atoms with Crippen molar-refractivity contribution in [1.82, 2.24) is 25.2 Å². The van der Waals surface area contributed by atoms with Gasteiger partial charge in [-0.2, -0.15) is 9.82 Å². The topological polar surface area (TPSA) is 99.8 Å². The monoisotopic (exact) mass is 329 g/mol. The molecule has 2 aromatic rings. The second-order valence-electron chi connectivity index (χ2n) is 4.46. The Morgan fingerprint density at radius 3 is 2.86 bits per heavy atom. The number of rotatable bonds is 8. The van der Waals surface area contributed by atoms with E-state index < -0.39 is 10.0 Å². The van der Waals surface area contributed by atoms with Crippen molar-refractivity contribution in [2.24, 2.45) is 0 Å². The predicted octanol–water partition coefficient (Wildman–Crippen LogP) is 1.41. The molecule has 2 aromatic heterocycles. The third-order valence-corrected chi connectivity index (χ3v) is 5.34. The molecule has 1 atom stereocenters. The van der Waals surface area contributed by atoms with Gasteiger partial charge in [-0.05, 0) is 13.0 Å². The van der Waals surface area contributed by atoms with Crippen molar-refractivity contribution in [3.8, 4) is 0 Å². The molecule has 116 valence electrons. The van der Waals surface area contributed by atoms with E-state index in [4.69, 9.17) is 0 Å². The first-order valence-electron chi connectivity index (χ1n) is 6.73. The second kappa shape index (κ2) is 7.12. The van der Waals surface area contributed by atoms with E-state index in [1.54, 1.807) is 6.20 Å². The number of aromatic amines is 1. The number of nitrogens with one attached hydrogen (secondary N) is 3. The lowest BCUT2D eigenvalue weighted by Gasteiger charge is -2.14. The summed E-state index contributed by atoms with van der Waals surface area (Å²) < 4.78 is 27.7. The number of nitrogens with zero attached hydrogens (tertiary/aromatic N) is 2. The first-order valence-corrected chi connectivity index (χ1v) is 9.09. The van der Waals surface area contributed by atoms with E-state index in [1.807, 2.05) is 19.2 Å². The van der Waals surface area contributed by atoms with Gasteiger partial charge in [0.2, 0.25) is 0 Å². The van der Waals surface area contributed by atoms with Gasteiger partial charge in [-0.25, -0.2) is 13.4 Å². The molecule has 7 nitrogen and oxygen atoms in total. The summed E-state index contributed by atoms with van der Waals surface area (Å²) in [6.45, 7) is 5.09. The first-order chi connectivity index (χ1) is 10.1. The molecule has 0 spiro atoms. The normalized spacial score (nSPS) is 13.4. The van der Waals surface area contributed by atoms with Crippen molar-refractivity contribution in [1.29, 1.82) is 0 Å². The Bertz CT molecular complexity index is 651. The third kappa shape index (κ3) is 3.88. The lowest BCUT2D eigenvalue weighted by atomic mass is 10.3. The highest BCUT2D eigenvalue weighted by molar-refractivity contribution is 7.89. The molecule has 2 heterocycles. The van der Waals surface area contributed by atoms with E-state index in [0.717, 1.165) is 11.6 Å². The van der Waals surface area contributed by atoms with Crippen LogP contribution in [0.2, 0.25) is 0 Å². The number of hydrogen-bond donors (Lipinski definition) is 3. The molecule has 0 fully saturated rings. The largest absolute Gasteiger partial charge is 0.313 e. The van der Waals surface area contributed by atoms with Crippen LogP contribution in [0.3, 0.4) is 0 Å². The Morgan fingerprint density at radius 2 is 2.24 bits per heavy atom.